The Morgan fingerprint density at radius 2 is 1.95 bits per heavy atom. The van der Waals surface area contributed by atoms with E-state index in [1.54, 1.807) is 11.1 Å². The number of benzene rings is 1. The standard InChI is InChI=1S/C16H21N.C.N/c1-2-6-13-12(5-1)11-15-14-7-3-4-8-16(13,14)9-10-17-15;;/h1-2,5-6,14-15,17H,3-4,7-11H2;;/t14-,15+,16-;;/m0../s1. The first kappa shape index (κ1) is 14.5. The third-order valence-corrected chi connectivity index (χ3v) is 5.55. The maximum absolute atomic E-state index is 3.79. The topological polar surface area (TPSA) is 42.5 Å². The van der Waals surface area contributed by atoms with Gasteiger partial charge in [0.05, 0.1) is 0 Å². The van der Waals surface area contributed by atoms with Crippen LogP contribution in [0.3, 0.4) is 0 Å². The molecule has 1 aliphatic heterocycles. The van der Waals surface area contributed by atoms with Crippen LogP contribution < -0.4 is 11.5 Å². The highest BCUT2D eigenvalue weighted by Gasteiger charge is 2.51. The average Bonchev–Trinajstić information content (AvgIpc) is 2.39. The van der Waals surface area contributed by atoms with Crippen LogP contribution in [0.4, 0.5) is 0 Å². The molecule has 0 aromatic heterocycles. The van der Waals surface area contributed by atoms with Crippen LogP contribution in [0.25, 0.3) is 0 Å². The van der Waals surface area contributed by atoms with Crippen molar-refractivity contribution in [3.63, 3.8) is 0 Å². The second-order valence-electron chi connectivity index (χ2n) is 6.18. The van der Waals surface area contributed by atoms with Crippen LogP contribution >= 0.6 is 0 Å². The summed E-state index contributed by atoms with van der Waals surface area (Å²) in [7, 11) is 0. The van der Waals surface area contributed by atoms with Gasteiger partial charge in [0.25, 0.3) is 0 Å². The summed E-state index contributed by atoms with van der Waals surface area (Å²) < 4.78 is 0. The minimum absolute atomic E-state index is 0. The highest BCUT2D eigenvalue weighted by Crippen LogP contribution is 2.53. The summed E-state index contributed by atoms with van der Waals surface area (Å²) in [5.41, 5.74) is 3.88. The van der Waals surface area contributed by atoms with Crippen molar-refractivity contribution in [1.29, 1.82) is 0 Å². The molecular formula is C17H21N2. The largest absolute Gasteiger partial charge is 0.313 e. The maximum Gasteiger partial charge on any atom is 0.0144 e. The monoisotopic (exact) mass is 253 g/mol. The number of piperidine rings is 1. The summed E-state index contributed by atoms with van der Waals surface area (Å²) in [6, 6.07) is 10.0. The van der Waals surface area contributed by atoms with Gasteiger partial charge in [-0.05, 0) is 49.3 Å². The lowest BCUT2D eigenvalue weighted by Crippen LogP contribution is -2.59. The molecule has 1 saturated heterocycles. The molecule has 0 amide bonds. The van der Waals surface area contributed by atoms with E-state index in [2.05, 4.69) is 29.6 Å². The third-order valence-electron chi connectivity index (χ3n) is 5.55. The number of hydrogen-bond acceptors (Lipinski definition) is 1. The zero-order valence-corrected chi connectivity index (χ0v) is 11.4. The molecule has 1 aromatic rings. The van der Waals surface area contributed by atoms with Crippen molar-refractivity contribution in [3.05, 3.63) is 42.8 Å². The number of rotatable bonds is 0. The zero-order chi connectivity index (χ0) is 11.3. The van der Waals surface area contributed by atoms with E-state index < -0.39 is 0 Å². The minimum Gasteiger partial charge on any atom is -0.313 e. The number of nitrogens with one attached hydrogen (secondary N) is 1. The molecular weight excluding hydrogens is 232 g/mol. The van der Waals surface area contributed by atoms with Crippen LogP contribution in [0.1, 0.15) is 43.2 Å². The predicted octanol–water partition coefficient (Wildman–Crippen LogP) is 2.63. The molecule has 3 aliphatic rings. The first-order valence-electron chi connectivity index (χ1n) is 7.22. The molecule has 7 radical (unpaired) electrons. The molecule has 2 heteroatoms. The molecule has 2 aliphatic carbocycles. The Hall–Kier alpha value is -0.860. The van der Waals surface area contributed by atoms with Crippen molar-refractivity contribution >= 4 is 0 Å². The van der Waals surface area contributed by atoms with E-state index in [1.807, 2.05) is 0 Å². The van der Waals surface area contributed by atoms with Crippen molar-refractivity contribution in [1.82, 2.24) is 11.5 Å². The first-order chi connectivity index (χ1) is 8.40. The lowest BCUT2D eigenvalue weighted by Gasteiger charge is -2.56. The van der Waals surface area contributed by atoms with Crippen molar-refractivity contribution in [2.45, 2.75) is 50.0 Å². The molecule has 3 atom stereocenters. The molecule has 2 nitrogen and oxygen atoms in total. The van der Waals surface area contributed by atoms with Gasteiger partial charge in [0, 0.05) is 25.0 Å². The zero-order valence-electron chi connectivity index (χ0n) is 11.4. The average molecular weight is 253 g/mol. The SMILES string of the molecule is [C].[N].c1ccc2c(c1)C[C@H]1NCC[C@@]23CCCC[C@@H]13. The second kappa shape index (κ2) is 5.26. The number of hydrogen-bond donors (Lipinski definition) is 1. The molecule has 2 bridgehead atoms. The van der Waals surface area contributed by atoms with Crippen molar-refractivity contribution in [2.24, 2.45) is 5.92 Å². The van der Waals surface area contributed by atoms with E-state index in [9.17, 15) is 0 Å². The van der Waals surface area contributed by atoms with E-state index >= 15 is 0 Å². The predicted molar refractivity (Wildman–Crippen MR) is 75.6 cm³/mol. The Balaban J connectivity index is 0.000000667. The van der Waals surface area contributed by atoms with E-state index in [-0.39, 0.29) is 13.6 Å². The Labute approximate surface area is 117 Å². The van der Waals surface area contributed by atoms with Crippen molar-refractivity contribution in [3.8, 4) is 0 Å². The van der Waals surface area contributed by atoms with Crippen LogP contribution in [0.5, 0.6) is 0 Å². The summed E-state index contributed by atoms with van der Waals surface area (Å²) in [5.74, 6) is 0.917. The Bertz CT molecular complexity index is 439. The summed E-state index contributed by atoms with van der Waals surface area (Å²) in [5, 5.41) is 3.79. The molecule has 1 heterocycles. The normalized spacial score (nSPS) is 35.2. The quantitative estimate of drug-likeness (QED) is 0.759. The Morgan fingerprint density at radius 1 is 1.11 bits per heavy atom. The van der Waals surface area contributed by atoms with E-state index in [0.29, 0.717) is 5.41 Å². The Morgan fingerprint density at radius 3 is 2.84 bits per heavy atom. The Kier molecular flexibility index (Phi) is 4.03. The minimum atomic E-state index is 0. The van der Waals surface area contributed by atoms with Gasteiger partial charge in [0.1, 0.15) is 0 Å². The van der Waals surface area contributed by atoms with Gasteiger partial charge in [-0.15, -0.1) is 0 Å². The highest BCUT2D eigenvalue weighted by atomic mass is 15.0. The first-order valence-corrected chi connectivity index (χ1v) is 7.22. The van der Waals surface area contributed by atoms with E-state index in [0.717, 1.165) is 12.0 Å². The van der Waals surface area contributed by atoms with Crippen molar-refractivity contribution < 1.29 is 0 Å². The third kappa shape index (κ3) is 1.93. The number of nitrogens with zero attached hydrogens (tertiary/aromatic N) is 1. The molecule has 1 saturated carbocycles. The molecule has 0 spiro atoms. The fourth-order valence-corrected chi connectivity index (χ4v) is 4.89. The lowest BCUT2D eigenvalue weighted by atomic mass is 9.53. The second-order valence-corrected chi connectivity index (χ2v) is 6.18. The van der Waals surface area contributed by atoms with Crippen LogP contribution in [0.15, 0.2) is 24.3 Å². The van der Waals surface area contributed by atoms with Gasteiger partial charge < -0.3 is 5.32 Å². The van der Waals surface area contributed by atoms with Gasteiger partial charge in [0.2, 0.25) is 0 Å². The van der Waals surface area contributed by atoms with Gasteiger partial charge in [-0.3, -0.25) is 0 Å². The van der Waals surface area contributed by atoms with Crippen LogP contribution in [0, 0.1) is 13.3 Å². The summed E-state index contributed by atoms with van der Waals surface area (Å²) in [4.78, 5) is 0. The molecule has 1 aromatic carbocycles. The summed E-state index contributed by atoms with van der Waals surface area (Å²) in [6.45, 7) is 1.23. The summed E-state index contributed by atoms with van der Waals surface area (Å²) >= 11 is 0. The van der Waals surface area contributed by atoms with Gasteiger partial charge >= 0.3 is 0 Å². The molecule has 2 fully saturated rings. The van der Waals surface area contributed by atoms with Gasteiger partial charge in [-0.25, -0.2) is 0 Å². The van der Waals surface area contributed by atoms with Gasteiger partial charge in [-0.1, -0.05) is 37.1 Å². The molecule has 19 heavy (non-hydrogen) atoms. The molecule has 4 rings (SSSR count). The van der Waals surface area contributed by atoms with Crippen LogP contribution in [0.2, 0.25) is 0 Å². The van der Waals surface area contributed by atoms with Gasteiger partial charge in [-0.2, -0.15) is 0 Å². The fourth-order valence-electron chi connectivity index (χ4n) is 4.89. The summed E-state index contributed by atoms with van der Waals surface area (Å²) in [6.07, 6.45) is 8.41. The van der Waals surface area contributed by atoms with Gasteiger partial charge in [0.15, 0.2) is 0 Å². The van der Waals surface area contributed by atoms with Crippen LogP contribution in [-0.4, -0.2) is 12.6 Å². The highest BCUT2D eigenvalue weighted by molar-refractivity contribution is 5.41. The number of fused-ring (bicyclic) bond motifs is 1. The lowest BCUT2D eigenvalue weighted by molar-refractivity contribution is 0.0798. The fraction of sp³-hybridized carbons (Fsp3) is 0.588. The molecule has 1 N–H and O–H groups in total. The van der Waals surface area contributed by atoms with E-state index in [1.165, 1.54) is 45.1 Å². The smallest absolute Gasteiger partial charge is 0.0144 e. The molecule has 0 unspecified atom stereocenters. The molecule has 99 valence electrons. The van der Waals surface area contributed by atoms with Crippen LogP contribution in [-0.2, 0) is 11.8 Å². The maximum atomic E-state index is 3.79. The van der Waals surface area contributed by atoms with E-state index in [4.69, 9.17) is 0 Å². The van der Waals surface area contributed by atoms with Crippen molar-refractivity contribution in [2.75, 3.05) is 6.54 Å².